The number of nitrogens with one attached hydrogen (secondary N) is 1. The summed E-state index contributed by atoms with van der Waals surface area (Å²) < 4.78 is 39.8. The number of hydrogen-bond acceptors (Lipinski definition) is 7. The number of rotatable bonds is 17. The molecule has 0 aromatic carbocycles. The van der Waals surface area contributed by atoms with Crippen LogP contribution in [0.15, 0.2) is 0 Å². The van der Waals surface area contributed by atoms with E-state index in [0.29, 0.717) is 13.0 Å². The third-order valence-corrected chi connectivity index (χ3v) is 4.77. The van der Waals surface area contributed by atoms with Gasteiger partial charge in [-0.3, -0.25) is 9.59 Å². The molecule has 0 aromatic heterocycles. The van der Waals surface area contributed by atoms with E-state index >= 15 is 0 Å². The number of ether oxygens (including phenoxy) is 1. The number of hydrogen-bond donors (Lipinski definition) is 1. The van der Waals surface area contributed by atoms with Crippen molar-refractivity contribution in [1.29, 1.82) is 0 Å². The van der Waals surface area contributed by atoms with Gasteiger partial charge >= 0.3 is 5.97 Å². The smallest absolute Gasteiger partial charge is 0.302 e. The van der Waals surface area contributed by atoms with Crippen LogP contribution in [0.1, 0.15) is 84.5 Å². The Morgan fingerprint density at radius 2 is 1.32 bits per heavy atom. The van der Waals surface area contributed by atoms with Crippen LogP contribution in [-0.2, 0) is 14.3 Å². The first-order chi connectivity index (χ1) is 14.4. The fraction of sp³-hybridized carbons (Fsp3) is 0.905. The number of esters is 1. The van der Waals surface area contributed by atoms with Gasteiger partial charge in [0.2, 0.25) is 5.91 Å². The molecule has 9 nitrogen and oxygen atoms in total. The Labute approximate surface area is 190 Å². The largest absolute Gasteiger partial charge is 0.460 e. The predicted octanol–water partition coefficient (Wildman–Crippen LogP) is -0.703. The molecule has 0 saturated carbocycles. The van der Waals surface area contributed by atoms with Crippen LogP contribution in [0.3, 0.4) is 0 Å². The minimum atomic E-state index is -4.94. The van der Waals surface area contributed by atoms with Gasteiger partial charge in [-0.1, -0.05) is 58.3 Å². The monoisotopic (exact) mass is 470 g/mol. The summed E-state index contributed by atoms with van der Waals surface area (Å²) >= 11 is 0. The third-order valence-electron chi connectivity index (χ3n) is 4.77. The highest BCUT2D eigenvalue weighted by atomic mass is 35.7. The van der Waals surface area contributed by atoms with Crippen LogP contribution in [0, 0.1) is 10.2 Å². The van der Waals surface area contributed by atoms with Gasteiger partial charge in [-0.05, 0) is 6.42 Å². The molecular weight excluding hydrogens is 428 g/mol. The van der Waals surface area contributed by atoms with E-state index in [9.17, 15) is 9.59 Å². The minimum absolute atomic E-state index is 0.179. The zero-order chi connectivity index (χ0) is 24.2. The van der Waals surface area contributed by atoms with Gasteiger partial charge in [0.1, 0.15) is 13.2 Å². The van der Waals surface area contributed by atoms with E-state index in [1.165, 1.54) is 58.3 Å². The maximum absolute atomic E-state index is 11.8. The first-order valence-electron chi connectivity index (χ1n) is 11.2. The Morgan fingerprint density at radius 1 is 0.839 bits per heavy atom. The number of halogens is 1. The first kappa shape index (κ1) is 32.2. The van der Waals surface area contributed by atoms with Crippen LogP contribution in [0.5, 0.6) is 0 Å². The summed E-state index contributed by atoms with van der Waals surface area (Å²) in [5.41, 5.74) is 0. The zero-order valence-corrected chi connectivity index (χ0v) is 20.5. The van der Waals surface area contributed by atoms with E-state index in [1.807, 2.05) is 0 Å². The van der Waals surface area contributed by atoms with Gasteiger partial charge in [0, 0.05) is 26.3 Å². The molecule has 0 unspecified atom stereocenters. The van der Waals surface area contributed by atoms with Crippen LogP contribution in [0.4, 0.5) is 0 Å². The molecule has 31 heavy (non-hydrogen) atoms. The summed E-state index contributed by atoms with van der Waals surface area (Å²) in [5, 5.41) is 3.02. The van der Waals surface area contributed by atoms with Crippen molar-refractivity contribution in [3.8, 4) is 0 Å². The van der Waals surface area contributed by atoms with Crippen molar-refractivity contribution < 1.29 is 47.7 Å². The molecule has 10 heteroatoms. The molecule has 0 radical (unpaired) electrons. The molecule has 0 aliphatic carbocycles. The molecule has 0 rings (SSSR count). The summed E-state index contributed by atoms with van der Waals surface area (Å²) in [6.07, 6.45) is 13.1. The summed E-state index contributed by atoms with van der Waals surface area (Å²) in [6, 6.07) is 0. The summed E-state index contributed by atoms with van der Waals surface area (Å²) in [5.74, 6) is -0.0491. The van der Waals surface area contributed by atoms with Gasteiger partial charge in [-0.15, -0.1) is 10.2 Å². The summed E-state index contributed by atoms with van der Waals surface area (Å²) in [4.78, 5) is 22.6. The Morgan fingerprint density at radius 3 is 1.81 bits per heavy atom. The van der Waals surface area contributed by atoms with Gasteiger partial charge in [-0.2, -0.15) is 0 Å². The molecule has 0 fully saturated rings. The molecule has 0 aliphatic rings. The maximum atomic E-state index is 11.8. The predicted molar refractivity (Wildman–Crippen MR) is 108 cm³/mol. The Balaban J connectivity index is 0. The van der Waals surface area contributed by atoms with Crippen molar-refractivity contribution in [1.82, 2.24) is 5.32 Å². The number of amides is 1. The first-order valence-corrected chi connectivity index (χ1v) is 12.4. The van der Waals surface area contributed by atoms with Crippen molar-refractivity contribution in [2.45, 2.75) is 84.5 Å². The molecule has 1 amide bonds. The van der Waals surface area contributed by atoms with Crippen LogP contribution in [0.2, 0.25) is 0 Å². The Hall–Kier alpha value is -0.970. The van der Waals surface area contributed by atoms with Crippen molar-refractivity contribution in [2.75, 3.05) is 40.3 Å². The summed E-state index contributed by atoms with van der Waals surface area (Å²) in [7, 11) is -0.707. The number of nitrogens with zero attached hydrogens (tertiary/aromatic N) is 1. The quantitative estimate of drug-likeness (QED) is 0.168. The molecule has 186 valence electrons. The van der Waals surface area contributed by atoms with Crippen LogP contribution in [-0.4, -0.2) is 56.7 Å². The van der Waals surface area contributed by atoms with Gasteiger partial charge in [0.05, 0.1) is 20.6 Å². The standard InChI is InChI=1S/C21H42N2O3.ClHO4/c1-5-6-7-8-9-10-11-12-13-15-21(25)22-16-14-17-23(3,4)18-19-26-20(2)24;2-1(3,4)5/h5-19H2,1-4H3;(H,2,3,4,5). The SMILES string of the molecule is CCCCCCCCCCCC(=O)NCCC[N+](C)(C)CCOC(C)=O.[O-][Cl+3]([O-])([O-])[O-]. The number of carbonyl (C=O) groups is 2. The lowest BCUT2D eigenvalue weighted by Gasteiger charge is -2.29. The van der Waals surface area contributed by atoms with Crippen molar-refractivity contribution in [2.24, 2.45) is 0 Å². The van der Waals surface area contributed by atoms with Gasteiger partial charge in [0.25, 0.3) is 0 Å². The highest BCUT2D eigenvalue weighted by Gasteiger charge is 2.15. The number of unbranched alkanes of at least 4 members (excludes halogenated alkanes) is 8. The van der Waals surface area contributed by atoms with E-state index in [-0.39, 0.29) is 11.9 Å². The van der Waals surface area contributed by atoms with Crippen LogP contribution < -0.4 is 24.0 Å². The molecule has 0 heterocycles. The van der Waals surface area contributed by atoms with E-state index in [0.717, 1.165) is 37.0 Å². The Kier molecular flexibility index (Phi) is 20.5. The average Bonchev–Trinajstić information content (AvgIpc) is 2.62. The third kappa shape index (κ3) is 33.9. The number of likely N-dealkylation sites (N-methyl/N-ethyl adjacent to an activating group) is 1. The number of quaternary nitrogens is 1. The van der Waals surface area contributed by atoms with E-state index < -0.39 is 10.2 Å². The topological polar surface area (TPSA) is 148 Å². The minimum Gasteiger partial charge on any atom is -0.460 e. The fourth-order valence-electron chi connectivity index (χ4n) is 2.97. The van der Waals surface area contributed by atoms with Gasteiger partial charge in [-0.25, -0.2) is 18.6 Å². The molecular formula is C21H43ClN2O7. The lowest BCUT2D eigenvalue weighted by atomic mass is 10.1. The van der Waals surface area contributed by atoms with Crippen LogP contribution in [0.25, 0.3) is 0 Å². The lowest BCUT2D eigenvalue weighted by molar-refractivity contribution is -2.00. The highest BCUT2D eigenvalue weighted by molar-refractivity contribution is 5.75. The normalized spacial score (nSPS) is 11.5. The molecule has 0 aliphatic heterocycles. The van der Waals surface area contributed by atoms with E-state index in [2.05, 4.69) is 26.3 Å². The van der Waals surface area contributed by atoms with E-state index in [1.54, 1.807) is 0 Å². The van der Waals surface area contributed by atoms with Crippen molar-refractivity contribution >= 4 is 11.9 Å². The molecule has 0 spiro atoms. The van der Waals surface area contributed by atoms with Crippen molar-refractivity contribution in [3.63, 3.8) is 0 Å². The number of carbonyl (C=O) groups excluding carboxylic acids is 2. The van der Waals surface area contributed by atoms with Crippen LogP contribution >= 0.6 is 0 Å². The van der Waals surface area contributed by atoms with Crippen molar-refractivity contribution in [3.05, 3.63) is 0 Å². The molecule has 0 atom stereocenters. The Bertz CT molecular complexity index is 451. The molecule has 0 bridgehead atoms. The fourth-order valence-corrected chi connectivity index (χ4v) is 2.97. The maximum Gasteiger partial charge on any atom is 0.302 e. The van der Waals surface area contributed by atoms with Gasteiger partial charge < -0.3 is 14.5 Å². The molecule has 0 aromatic rings. The second-order valence-electron chi connectivity index (χ2n) is 8.38. The second kappa shape index (κ2) is 19.7. The molecule has 0 saturated heterocycles. The summed E-state index contributed by atoms with van der Waals surface area (Å²) in [6.45, 7) is 6.62. The highest BCUT2D eigenvalue weighted by Crippen LogP contribution is 2.10. The van der Waals surface area contributed by atoms with E-state index in [4.69, 9.17) is 23.4 Å². The second-order valence-corrected chi connectivity index (χ2v) is 9.14. The lowest BCUT2D eigenvalue weighted by Crippen LogP contribution is -2.68. The van der Waals surface area contributed by atoms with Gasteiger partial charge in [0.15, 0.2) is 0 Å². The zero-order valence-electron chi connectivity index (χ0n) is 19.8. The average molecular weight is 471 g/mol. The molecule has 1 N–H and O–H groups in total.